The number of rotatable bonds is 3. The van der Waals surface area contributed by atoms with Crippen molar-refractivity contribution in [2.45, 2.75) is 0 Å². The summed E-state index contributed by atoms with van der Waals surface area (Å²) < 4.78 is 1.56. The SMILES string of the molecule is O=C(O)c1ccccc1-n1ncc2c(N3CCNCC3)ncnc21. The van der Waals surface area contributed by atoms with Gasteiger partial charge in [0.25, 0.3) is 0 Å². The molecule has 0 spiro atoms. The molecule has 0 atom stereocenters. The van der Waals surface area contributed by atoms with E-state index in [1.165, 1.54) is 6.33 Å². The van der Waals surface area contributed by atoms with Gasteiger partial charge in [-0.2, -0.15) is 5.10 Å². The quantitative estimate of drug-likeness (QED) is 0.739. The van der Waals surface area contributed by atoms with Gasteiger partial charge in [-0.25, -0.2) is 19.4 Å². The molecule has 0 unspecified atom stereocenters. The van der Waals surface area contributed by atoms with E-state index in [0.717, 1.165) is 37.4 Å². The molecule has 3 aromatic rings. The second kappa shape index (κ2) is 5.89. The Labute approximate surface area is 137 Å². The van der Waals surface area contributed by atoms with Crippen molar-refractivity contribution >= 4 is 22.8 Å². The molecule has 1 aromatic carbocycles. The Morgan fingerprint density at radius 3 is 2.75 bits per heavy atom. The fraction of sp³-hybridized carbons (Fsp3) is 0.250. The number of carbonyl (C=O) groups is 1. The topological polar surface area (TPSA) is 96.2 Å². The summed E-state index contributed by atoms with van der Waals surface area (Å²) in [7, 11) is 0. The summed E-state index contributed by atoms with van der Waals surface area (Å²) in [6.45, 7) is 3.54. The van der Waals surface area contributed by atoms with Crippen molar-refractivity contribution in [1.82, 2.24) is 25.1 Å². The van der Waals surface area contributed by atoms with Crippen LogP contribution in [0.3, 0.4) is 0 Å². The molecular formula is C16H16N6O2. The van der Waals surface area contributed by atoms with Gasteiger partial charge in [-0.3, -0.25) is 0 Å². The summed E-state index contributed by atoms with van der Waals surface area (Å²) in [4.78, 5) is 22.4. The minimum Gasteiger partial charge on any atom is -0.478 e. The molecule has 4 rings (SSSR count). The second-order valence-corrected chi connectivity index (χ2v) is 5.55. The first-order chi connectivity index (χ1) is 11.8. The first kappa shape index (κ1) is 14.6. The van der Waals surface area contributed by atoms with Gasteiger partial charge >= 0.3 is 5.97 Å². The number of para-hydroxylation sites is 1. The third-order valence-electron chi connectivity index (χ3n) is 4.12. The predicted octanol–water partition coefficient (Wildman–Crippen LogP) is 0.923. The van der Waals surface area contributed by atoms with Gasteiger partial charge in [-0.15, -0.1) is 0 Å². The lowest BCUT2D eigenvalue weighted by Crippen LogP contribution is -2.44. The molecule has 8 nitrogen and oxygen atoms in total. The van der Waals surface area contributed by atoms with Crippen LogP contribution in [0.15, 0.2) is 36.8 Å². The molecule has 1 aliphatic rings. The smallest absolute Gasteiger partial charge is 0.337 e. The lowest BCUT2D eigenvalue weighted by molar-refractivity contribution is 0.0697. The number of benzene rings is 1. The van der Waals surface area contributed by atoms with Gasteiger partial charge in [0.2, 0.25) is 0 Å². The van der Waals surface area contributed by atoms with Crippen LogP contribution in [0, 0.1) is 0 Å². The maximum atomic E-state index is 11.5. The van der Waals surface area contributed by atoms with Crippen LogP contribution in [0.1, 0.15) is 10.4 Å². The van der Waals surface area contributed by atoms with Crippen molar-refractivity contribution in [3.63, 3.8) is 0 Å². The Morgan fingerprint density at radius 1 is 1.17 bits per heavy atom. The Bertz CT molecular complexity index is 900. The van der Waals surface area contributed by atoms with E-state index in [0.29, 0.717) is 11.3 Å². The molecule has 8 heteroatoms. The fourth-order valence-electron chi connectivity index (χ4n) is 2.98. The standard InChI is InChI=1S/C16H16N6O2/c23-16(24)11-3-1-2-4-13(11)22-15-12(9-20-22)14(18-10-19-15)21-7-5-17-6-8-21/h1-4,9-10,17H,5-8H2,(H,23,24). The molecule has 1 fully saturated rings. The highest BCUT2D eigenvalue weighted by atomic mass is 16.4. The largest absolute Gasteiger partial charge is 0.478 e. The van der Waals surface area contributed by atoms with Crippen molar-refractivity contribution in [3.8, 4) is 5.69 Å². The highest BCUT2D eigenvalue weighted by molar-refractivity contribution is 5.94. The summed E-state index contributed by atoms with van der Waals surface area (Å²) in [5.74, 6) is -0.161. The van der Waals surface area contributed by atoms with Gasteiger partial charge in [0.05, 0.1) is 22.8 Å². The fourth-order valence-corrected chi connectivity index (χ4v) is 2.98. The van der Waals surface area contributed by atoms with Crippen LogP contribution < -0.4 is 10.2 Å². The minimum atomic E-state index is -0.995. The highest BCUT2D eigenvalue weighted by Crippen LogP contribution is 2.26. The van der Waals surface area contributed by atoms with Crippen molar-refractivity contribution in [1.29, 1.82) is 0 Å². The molecule has 0 amide bonds. The molecule has 0 bridgehead atoms. The summed E-state index contributed by atoms with van der Waals surface area (Å²) in [5, 5.41) is 17.9. The minimum absolute atomic E-state index is 0.185. The zero-order valence-corrected chi connectivity index (χ0v) is 12.9. The van der Waals surface area contributed by atoms with Crippen LogP contribution in [0.2, 0.25) is 0 Å². The number of nitrogens with one attached hydrogen (secondary N) is 1. The molecule has 2 N–H and O–H groups in total. The van der Waals surface area contributed by atoms with E-state index >= 15 is 0 Å². The lowest BCUT2D eigenvalue weighted by atomic mass is 10.2. The number of aromatic carboxylic acids is 1. The van der Waals surface area contributed by atoms with Crippen molar-refractivity contribution in [2.75, 3.05) is 31.1 Å². The molecule has 0 radical (unpaired) electrons. The Balaban J connectivity index is 1.86. The number of nitrogens with zero attached hydrogens (tertiary/aromatic N) is 5. The molecule has 1 aliphatic heterocycles. The van der Waals surface area contributed by atoms with E-state index in [9.17, 15) is 9.90 Å². The highest BCUT2D eigenvalue weighted by Gasteiger charge is 2.19. The number of hydrogen-bond donors (Lipinski definition) is 2. The van der Waals surface area contributed by atoms with E-state index < -0.39 is 5.97 Å². The van der Waals surface area contributed by atoms with Gasteiger partial charge in [-0.05, 0) is 12.1 Å². The number of aromatic nitrogens is 4. The summed E-state index contributed by atoms with van der Waals surface area (Å²) >= 11 is 0. The second-order valence-electron chi connectivity index (χ2n) is 5.55. The van der Waals surface area contributed by atoms with Crippen molar-refractivity contribution < 1.29 is 9.90 Å². The zero-order chi connectivity index (χ0) is 16.5. The molecule has 0 aliphatic carbocycles. The van der Waals surface area contributed by atoms with Crippen LogP contribution in [0.25, 0.3) is 16.7 Å². The Kier molecular flexibility index (Phi) is 3.58. The monoisotopic (exact) mass is 324 g/mol. The number of fused-ring (bicyclic) bond motifs is 1. The number of carboxylic acid groups (broad SMARTS) is 1. The number of carboxylic acids is 1. The van der Waals surface area contributed by atoms with Crippen molar-refractivity contribution in [2.24, 2.45) is 0 Å². The van der Waals surface area contributed by atoms with Crippen LogP contribution in [0.4, 0.5) is 5.82 Å². The Hall–Kier alpha value is -3.00. The van der Waals surface area contributed by atoms with Gasteiger partial charge in [0, 0.05) is 26.2 Å². The average molecular weight is 324 g/mol. The number of piperazine rings is 1. The summed E-state index contributed by atoms with van der Waals surface area (Å²) in [6.07, 6.45) is 3.20. The first-order valence-corrected chi connectivity index (χ1v) is 7.73. The lowest BCUT2D eigenvalue weighted by Gasteiger charge is -2.28. The van der Waals surface area contributed by atoms with Gasteiger partial charge in [-0.1, -0.05) is 12.1 Å². The maximum absolute atomic E-state index is 11.5. The predicted molar refractivity (Wildman–Crippen MR) is 88.7 cm³/mol. The van der Waals surface area contributed by atoms with Gasteiger partial charge < -0.3 is 15.3 Å². The third kappa shape index (κ3) is 2.37. The summed E-state index contributed by atoms with van der Waals surface area (Å²) in [5.41, 5.74) is 1.28. The third-order valence-corrected chi connectivity index (χ3v) is 4.12. The van der Waals surface area contributed by atoms with Crippen LogP contribution in [0.5, 0.6) is 0 Å². The zero-order valence-electron chi connectivity index (χ0n) is 12.9. The number of anilines is 1. The van der Waals surface area contributed by atoms with Crippen LogP contribution in [-0.4, -0.2) is 57.0 Å². The molecule has 3 heterocycles. The van der Waals surface area contributed by atoms with E-state index in [4.69, 9.17) is 0 Å². The normalized spacial score (nSPS) is 14.9. The average Bonchev–Trinajstić information content (AvgIpc) is 3.06. The van der Waals surface area contributed by atoms with Crippen molar-refractivity contribution in [3.05, 3.63) is 42.4 Å². The first-order valence-electron chi connectivity index (χ1n) is 7.73. The molecule has 122 valence electrons. The Morgan fingerprint density at radius 2 is 1.96 bits per heavy atom. The molecule has 1 saturated heterocycles. The molecule has 0 saturated carbocycles. The summed E-state index contributed by atoms with van der Waals surface area (Å²) in [6, 6.07) is 6.76. The van der Waals surface area contributed by atoms with E-state index in [1.807, 2.05) is 0 Å². The van der Waals surface area contributed by atoms with Crippen LogP contribution in [-0.2, 0) is 0 Å². The van der Waals surface area contributed by atoms with Gasteiger partial charge in [0.15, 0.2) is 5.65 Å². The molecule has 24 heavy (non-hydrogen) atoms. The molecule has 2 aromatic heterocycles. The molecular weight excluding hydrogens is 308 g/mol. The van der Waals surface area contributed by atoms with E-state index in [1.54, 1.807) is 35.1 Å². The van der Waals surface area contributed by atoms with Crippen LogP contribution >= 0.6 is 0 Å². The van der Waals surface area contributed by atoms with E-state index in [-0.39, 0.29) is 5.56 Å². The maximum Gasteiger partial charge on any atom is 0.337 e. The van der Waals surface area contributed by atoms with Gasteiger partial charge in [0.1, 0.15) is 12.1 Å². The van der Waals surface area contributed by atoms with E-state index in [2.05, 4.69) is 25.3 Å². The number of hydrogen-bond acceptors (Lipinski definition) is 6.